The van der Waals surface area contributed by atoms with E-state index in [1.165, 1.54) is 12.1 Å². The number of halogens is 1. The normalized spacial score (nSPS) is 11.6. The number of benzene rings is 1. The molecule has 5 aromatic heterocycles. The molecule has 6 aromatic rings. The van der Waals surface area contributed by atoms with Crippen LogP contribution in [0.3, 0.4) is 0 Å². The second-order valence-electron chi connectivity index (χ2n) is 9.05. The first-order chi connectivity index (χ1) is 18.0. The highest BCUT2D eigenvalue weighted by atomic mass is 19.1. The maximum atomic E-state index is 14.5. The highest BCUT2D eigenvalue weighted by Gasteiger charge is 2.16. The third kappa shape index (κ3) is 4.52. The minimum atomic E-state index is -0.354. The van der Waals surface area contributed by atoms with Gasteiger partial charge in [0, 0.05) is 47.5 Å². The molecule has 0 saturated carbocycles. The molecule has 0 atom stereocenters. The number of nitrogens with one attached hydrogen (secondary N) is 2. The monoisotopic (exact) mass is 493 g/mol. The molecule has 0 bridgehead atoms. The molecule has 2 N–H and O–H groups in total. The van der Waals surface area contributed by atoms with Crippen molar-refractivity contribution in [3.63, 3.8) is 0 Å². The van der Waals surface area contributed by atoms with Crippen LogP contribution in [0.1, 0.15) is 0 Å². The largest absolute Gasteiger partial charge is 0.492 e. The van der Waals surface area contributed by atoms with E-state index in [4.69, 9.17) is 4.74 Å². The SMILES string of the molecule is CN(C)CCOc1cc(F)cc(-c2ccnc3[nH]c(-c4n[nH]c5cnc(-c6ccncc6)cc45)cc23)c1. The molecule has 0 spiro atoms. The van der Waals surface area contributed by atoms with Gasteiger partial charge in [-0.25, -0.2) is 9.37 Å². The van der Waals surface area contributed by atoms with Gasteiger partial charge >= 0.3 is 0 Å². The Bertz CT molecular complexity index is 1710. The fourth-order valence-corrected chi connectivity index (χ4v) is 4.36. The summed E-state index contributed by atoms with van der Waals surface area (Å²) in [6.07, 6.45) is 6.98. The number of nitrogens with zero attached hydrogens (tertiary/aromatic N) is 5. The van der Waals surface area contributed by atoms with Gasteiger partial charge in [0.05, 0.1) is 23.1 Å². The second-order valence-corrected chi connectivity index (χ2v) is 9.05. The summed E-state index contributed by atoms with van der Waals surface area (Å²) in [5.74, 6) is 0.138. The van der Waals surface area contributed by atoms with Crippen molar-refractivity contribution in [2.45, 2.75) is 0 Å². The zero-order valence-electron chi connectivity index (χ0n) is 20.4. The minimum Gasteiger partial charge on any atom is -0.492 e. The molecule has 184 valence electrons. The Balaban J connectivity index is 1.41. The van der Waals surface area contributed by atoms with Crippen LogP contribution >= 0.6 is 0 Å². The fourth-order valence-electron chi connectivity index (χ4n) is 4.36. The van der Waals surface area contributed by atoms with Crippen LogP contribution in [0.2, 0.25) is 0 Å². The number of hydrogen-bond donors (Lipinski definition) is 2. The molecule has 0 aliphatic rings. The van der Waals surface area contributed by atoms with Gasteiger partial charge < -0.3 is 14.6 Å². The van der Waals surface area contributed by atoms with Crippen molar-refractivity contribution in [3.05, 3.63) is 79.1 Å². The average molecular weight is 494 g/mol. The smallest absolute Gasteiger partial charge is 0.138 e. The molecule has 8 nitrogen and oxygen atoms in total. The Kier molecular flexibility index (Phi) is 5.82. The van der Waals surface area contributed by atoms with E-state index in [2.05, 4.69) is 30.1 Å². The summed E-state index contributed by atoms with van der Waals surface area (Å²) >= 11 is 0. The van der Waals surface area contributed by atoms with Crippen LogP contribution in [0.15, 0.2) is 73.3 Å². The summed E-state index contributed by atoms with van der Waals surface area (Å²) in [6, 6.07) is 14.5. The molecule has 0 radical (unpaired) electrons. The van der Waals surface area contributed by atoms with Crippen LogP contribution in [0.4, 0.5) is 4.39 Å². The Hall–Kier alpha value is -4.63. The van der Waals surface area contributed by atoms with Crippen molar-refractivity contribution in [3.8, 4) is 39.5 Å². The predicted molar refractivity (Wildman–Crippen MR) is 142 cm³/mol. The van der Waals surface area contributed by atoms with Gasteiger partial charge in [0.15, 0.2) is 0 Å². The van der Waals surface area contributed by atoms with Crippen molar-refractivity contribution < 1.29 is 9.13 Å². The molecular weight excluding hydrogens is 469 g/mol. The first-order valence-electron chi connectivity index (χ1n) is 11.9. The van der Waals surface area contributed by atoms with E-state index in [1.54, 1.807) is 24.8 Å². The lowest BCUT2D eigenvalue weighted by Gasteiger charge is -2.12. The molecule has 0 unspecified atom stereocenters. The third-order valence-electron chi connectivity index (χ3n) is 6.20. The maximum absolute atomic E-state index is 14.5. The number of hydrogen-bond acceptors (Lipinski definition) is 6. The highest BCUT2D eigenvalue weighted by molar-refractivity contribution is 6.00. The Labute approximate surface area is 212 Å². The van der Waals surface area contributed by atoms with E-state index < -0.39 is 0 Å². The van der Waals surface area contributed by atoms with Gasteiger partial charge in [-0.3, -0.25) is 15.1 Å². The van der Waals surface area contributed by atoms with E-state index >= 15 is 0 Å². The van der Waals surface area contributed by atoms with E-state index in [0.717, 1.165) is 51.0 Å². The number of aromatic amines is 2. The number of fused-ring (bicyclic) bond motifs is 2. The molecule has 0 amide bonds. The second kappa shape index (κ2) is 9.44. The van der Waals surface area contributed by atoms with E-state index in [9.17, 15) is 4.39 Å². The molecule has 0 aliphatic carbocycles. The summed E-state index contributed by atoms with van der Waals surface area (Å²) < 4.78 is 20.3. The van der Waals surface area contributed by atoms with Crippen molar-refractivity contribution in [2.24, 2.45) is 0 Å². The van der Waals surface area contributed by atoms with Gasteiger partial charge in [-0.15, -0.1) is 0 Å². The Morgan fingerprint density at radius 3 is 2.62 bits per heavy atom. The summed E-state index contributed by atoms with van der Waals surface area (Å²) in [7, 11) is 3.94. The minimum absolute atomic E-state index is 0.354. The molecular formula is C28H24FN7O. The summed E-state index contributed by atoms with van der Waals surface area (Å²) in [4.78, 5) is 18.6. The topological polar surface area (TPSA) is 95.6 Å². The molecule has 0 saturated heterocycles. The van der Waals surface area contributed by atoms with E-state index in [1.807, 2.05) is 55.4 Å². The van der Waals surface area contributed by atoms with Gasteiger partial charge in [-0.05, 0) is 67.7 Å². The summed E-state index contributed by atoms with van der Waals surface area (Å²) in [5.41, 5.74) is 6.43. The number of H-pyrrole nitrogens is 2. The summed E-state index contributed by atoms with van der Waals surface area (Å²) in [6.45, 7) is 1.21. The Morgan fingerprint density at radius 1 is 0.919 bits per heavy atom. The summed E-state index contributed by atoms with van der Waals surface area (Å²) in [5, 5.41) is 9.41. The van der Waals surface area contributed by atoms with Crippen LogP contribution in [0, 0.1) is 5.82 Å². The van der Waals surface area contributed by atoms with Gasteiger partial charge in [-0.1, -0.05) is 0 Å². The maximum Gasteiger partial charge on any atom is 0.138 e. The highest BCUT2D eigenvalue weighted by Crippen LogP contribution is 2.35. The van der Waals surface area contributed by atoms with Crippen LogP contribution in [0.25, 0.3) is 55.7 Å². The van der Waals surface area contributed by atoms with Gasteiger partial charge in [0.2, 0.25) is 0 Å². The standard InChI is InChI=1S/C28H24FN7O/c1-36(2)9-10-37-20-12-18(11-19(29)13-20)21-5-8-31-28-22(21)14-25(33-28)27-23-15-24(17-3-6-30-7-4-17)32-16-26(23)34-35-27/h3-8,11-16H,9-10H2,1-2H3,(H,31,33)(H,34,35). The average Bonchev–Trinajstić information content (AvgIpc) is 3.52. The number of likely N-dealkylation sites (N-methyl/N-ethyl adjacent to an activating group) is 1. The van der Waals surface area contributed by atoms with Crippen LogP contribution in [-0.4, -0.2) is 62.3 Å². The quantitative estimate of drug-likeness (QED) is 0.313. The molecule has 5 heterocycles. The molecule has 0 aliphatic heterocycles. The van der Waals surface area contributed by atoms with Crippen LogP contribution < -0.4 is 4.74 Å². The molecule has 9 heteroatoms. The van der Waals surface area contributed by atoms with Crippen molar-refractivity contribution in [2.75, 3.05) is 27.2 Å². The fraction of sp³-hybridized carbons (Fsp3) is 0.143. The van der Waals surface area contributed by atoms with Crippen LogP contribution in [0.5, 0.6) is 5.75 Å². The zero-order chi connectivity index (χ0) is 25.4. The van der Waals surface area contributed by atoms with Gasteiger partial charge in [0.1, 0.15) is 29.5 Å². The molecule has 0 fully saturated rings. The van der Waals surface area contributed by atoms with Gasteiger partial charge in [0.25, 0.3) is 0 Å². The van der Waals surface area contributed by atoms with Crippen molar-refractivity contribution in [1.29, 1.82) is 0 Å². The van der Waals surface area contributed by atoms with E-state index in [0.29, 0.717) is 23.6 Å². The first-order valence-corrected chi connectivity index (χ1v) is 11.9. The van der Waals surface area contributed by atoms with Gasteiger partial charge in [-0.2, -0.15) is 5.10 Å². The molecule has 1 aromatic carbocycles. The number of ether oxygens (including phenoxy) is 1. The lowest BCUT2D eigenvalue weighted by atomic mass is 10.0. The lowest BCUT2D eigenvalue weighted by Crippen LogP contribution is -2.19. The number of rotatable bonds is 7. The predicted octanol–water partition coefficient (Wildman–Crippen LogP) is 5.31. The Morgan fingerprint density at radius 2 is 1.78 bits per heavy atom. The van der Waals surface area contributed by atoms with Crippen molar-refractivity contribution in [1.82, 2.24) is 35.0 Å². The first kappa shape index (κ1) is 22.8. The third-order valence-corrected chi connectivity index (χ3v) is 6.20. The number of pyridine rings is 3. The van der Waals surface area contributed by atoms with E-state index in [-0.39, 0.29) is 5.82 Å². The zero-order valence-corrected chi connectivity index (χ0v) is 20.4. The molecule has 37 heavy (non-hydrogen) atoms. The number of aromatic nitrogens is 6. The lowest BCUT2D eigenvalue weighted by molar-refractivity contribution is 0.260. The van der Waals surface area contributed by atoms with Crippen molar-refractivity contribution >= 4 is 21.9 Å². The van der Waals surface area contributed by atoms with Crippen LogP contribution in [-0.2, 0) is 0 Å². The molecule has 6 rings (SSSR count).